The van der Waals surface area contributed by atoms with Gasteiger partial charge in [-0.1, -0.05) is 0 Å². The first-order chi connectivity index (χ1) is 11.5. The molecule has 0 atom stereocenters. The van der Waals surface area contributed by atoms with Gasteiger partial charge in [-0.3, -0.25) is 19.6 Å². The van der Waals surface area contributed by atoms with Gasteiger partial charge in [-0.2, -0.15) is 11.0 Å². The van der Waals surface area contributed by atoms with E-state index in [4.69, 9.17) is 24.4 Å². The third-order valence-corrected chi connectivity index (χ3v) is 3.05. The molecule has 0 saturated carbocycles. The first-order valence-electron chi connectivity index (χ1n) is 6.61. The monoisotopic (exact) mass is 374 g/mol. The quantitative estimate of drug-likeness (QED) is 0.311. The van der Waals surface area contributed by atoms with Crippen molar-refractivity contribution in [1.29, 1.82) is 0 Å². The van der Waals surface area contributed by atoms with Gasteiger partial charge in [0.25, 0.3) is 11.1 Å². The van der Waals surface area contributed by atoms with Crippen LogP contribution in [-0.4, -0.2) is 34.2 Å². The lowest BCUT2D eigenvalue weighted by molar-refractivity contribution is 0.0863. The first-order valence-corrected chi connectivity index (χ1v) is 7.43. The molecule has 12 heteroatoms. The summed E-state index contributed by atoms with van der Waals surface area (Å²) in [4.78, 5) is 41.7. The number of nitrogens with one attached hydrogen (secondary N) is 6. The standard InChI is InChI=1S/2C6H9N3O2S/c2*1-11-8-3-4-2-7-6(12)9-5(4)10/h2*2,8H,3H2,1H3,(H2,7,9,10,12). The molecule has 0 radical (unpaired) electrons. The molecule has 2 aromatic heterocycles. The van der Waals surface area contributed by atoms with E-state index < -0.39 is 0 Å². The Bertz CT molecular complexity index is 784. The van der Waals surface area contributed by atoms with Crippen molar-refractivity contribution in [2.24, 2.45) is 0 Å². The van der Waals surface area contributed by atoms with E-state index in [1.165, 1.54) is 14.2 Å². The lowest BCUT2D eigenvalue weighted by Crippen LogP contribution is -2.20. The highest BCUT2D eigenvalue weighted by Crippen LogP contribution is 1.86. The number of H-pyrrole nitrogens is 4. The molecule has 0 spiro atoms. The number of hydroxylamine groups is 2. The first kappa shape index (κ1) is 20.1. The molecule has 24 heavy (non-hydrogen) atoms. The molecule has 0 aliphatic heterocycles. The molecule has 132 valence electrons. The van der Waals surface area contributed by atoms with Crippen molar-refractivity contribution in [3.63, 3.8) is 0 Å². The van der Waals surface area contributed by atoms with E-state index in [0.29, 0.717) is 33.8 Å². The lowest BCUT2D eigenvalue weighted by Gasteiger charge is -1.99. The van der Waals surface area contributed by atoms with Crippen molar-refractivity contribution in [3.05, 3.63) is 53.8 Å². The van der Waals surface area contributed by atoms with E-state index in [-0.39, 0.29) is 11.1 Å². The zero-order valence-electron chi connectivity index (χ0n) is 13.0. The zero-order valence-corrected chi connectivity index (χ0v) is 14.7. The van der Waals surface area contributed by atoms with Crippen molar-refractivity contribution in [2.75, 3.05) is 14.2 Å². The van der Waals surface area contributed by atoms with Gasteiger partial charge in [0.05, 0.1) is 27.3 Å². The van der Waals surface area contributed by atoms with E-state index >= 15 is 0 Å². The van der Waals surface area contributed by atoms with Crippen molar-refractivity contribution >= 4 is 24.4 Å². The summed E-state index contributed by atoms with van der Waals surface area (Å²) in [6, 6.07) is 0. The summed E-state index contributed by atoms with van der Waals surface area (Å²) in [5.74, 6) is 0. The van der Waals surface area contributed by atoms with E-state index in [1.807, 2.05) is 0 Å². The fraction of sp³-hybridized carbons (Fsp3) is 0.333. The van der Waals surface area contributed by atoms with E-state index in [1.54, 1.807) is 12.4 Å². The highest BCUT2D eigenvalue weighted by Gasteiger charge is 1.97. The van der Waals surface area contributed by atoms with Crippen LogP contribution in [0.1, 0.15) is 11.1 Å². The van der Waals surface area contributed by atoms with Gasteiger partial charge in [-0.25, -0.2) is 0 Å². The summed E-state index contributed by atoms with van der Waals surface area (Å²) in [6.07, 6.45) is 3.10. The molecule has 2 aromatic rings. The minimum Gasteiger partial charge on any atom is -0.338 e. The molecule has 2 heterocycles. The SMILES string of the molecule is CONCc1c[nH]c(=S)[nH]c1=O.CONCc1c[nH]c(=S)[nH]c1=O. The molecular formula is C12H18N6O4S2. The molecule has 0 fully saturated rings. The molecule has 0 aromatic carbocycles. The second-order valence-corrected chi connectivity index (χ2v) is 5.06. The molecule has 2 rings (SSSR count). The molecule has 0 bridgehead atoms. The van der Waals surface area contributed by atoms with Gasteiger partial charge in [0.15, 0.2) is 9.54 Å². The summed E-state index contributed by atoms with van der Waals surface area (Å²) < 4.78 is 0.641. The Morgan fingerprint density at radius 2 is 1.25 bits per heavy atom. The van der Waals surface area contributed by atoms with Crippen molar-refractivity contribution in [2.45, 2.75) is 13.1 Å². The van der Waals surface area contributed by atoms with Crippen molar-refractivity contribution in [3.8, 4) is 0 Å². The molecule has 0 amide bonds. The predicted octanol–water partition coefficient (Wildman–Crippen LogP) is 0.167. The molecule has 0 saturated heterocycles. The van der Waals surface area contributed by atoms with Gasteiger partial charge in [-0.05, 0) is 24.4 Å². The third kappa shape index (κ3) is 7.08. The zero-order chi connectivity index (χ0) is 17.9. The second kappa shape index (κ2) is 10.7. The van der Waals surface area contributed by atoms with Crippen LogP contribution in [0.2, 0.25) is 0 Å². The normalized spacial score (nSPS) is 10.1. The maximum absolute atomic E-state index is 11.1. The smallest absolute Gasteiger partial charge is 0.256 e. The van der Waals surface area contributed by atoms with Gasteiger partial charge < -0.3 is 19.6 Å². The summed E-state index contributed by atoms with van der Waals surface area (Å²) in [5, 5.41) is 0. The Balaban J connectivity index is 0.000000240. The third-order valence-electron chi connectivity index (χ3n) is 2.61. The number of aromatic nitrogens is 4. The van der Waals surface area contributed by atoms with Gasteiger partial charge in [0.2, 0.25) is 0 Å². The van der Waals surface area contributed by atoms with Gasteiger partial charge in [-0.15, -0.1) is 0 Å². The highest BCUT2D eigenvalue weighted by atomic mass is 32.1. The van der Waals surface area contributed by atoms with Crippen LogP contribution in [0.4, 0.5) is 0 Å². The summed E-state index contributed by atoms with van der Waals surface area (Å²) in [7, 11) is 2.97. The summed E-state index contributed by atoms with van der Waals surface area (Å²) in [5.41, 5.74) is 5.78. The summed E-state index contributed by atoms with van der Waals surface area (Å²) >= 11 is 9.42. The Hall–Kier alpha value is -1.96. The number of aromatic amines is 4. The van der Waals surface area contributed by atoms with Crippen molar-refractivity contribution in [1.82, 2.24) is 30.9 Å². The van der Waals surface area contributed by atoms with E-state index in [9.17, 15) is 9.59 Å². The Morgan fingerprint density at radius 1 is 0.875 bits per heavy atom. The minimum atomic E-state index is -0.205. The van der Waals surface area contributed by atoms with Crippen LogP contribution in [-0.2, 0) is 22.8 Å². The molecule has 0 aliphatic rings. The maximum Gasteiger partial charge on any atom is 0.256 e. The Labute approximate surface area is 146 Å². The maximum atomic E-state index is 11.1. The van der Waals surface area contributed by atoms with Crippen LogP contribution in [0.3, 0.4) is 0 Å². The van der Waals surface area contributed by atoms with E-state index in [2.05, 4.69) is 40.6 Å². The lowest BCUT2D eigenvalue weighted by atomic mass is 10.3. The Morgan fingerprint density at radius 3 is 1.54 bits per heavy atom. The van der Waals surface area contributed by atoms with Crippen LogP contribution in [0.25, 0.3) is 0 Å². The topological polar surface area (TPSA) is 140 Å². The van der Waals surface area contributed by atoms with Crippen molar-refractivity contribution < 1.29 is 9.68 Å². The average Bonchev–Trinajstić information content (AvgIpc) is 2.54. The highest BCUT2D eigenvalue weighted by molar-refractivity contribution is 7.71. The average molecular weight is 374 g/mol. The molecular weight excluding hydrogens is 356 g/mol. The second-order valence-electron chi connectivity index (χ2n) is 4.24. The van der Waals surface area contributed by atoms with Gasteiger partial charge >= 0.3 is 0 Å². The van der Waals surface area contributed by atoms with Crippen LogP contribution >= 0.6 is 24.4 Å². The van der Waals surface area contributed by atoms with Gasteiger partial charge in [0, 0.05) is 23.5 Å². The fourth-order valence-electron chi connectivity index (χ4n) is 1.44. The van der Waals surface area contributed by atoms with Crippen LogP contribution in [0, 0.1) is 9.54 Å². The molecule has 0 aliphatic carbocycles. The fourth-order valence-corrected chi connectivity index (χ4v) is 1.74. The van der Waals surface area contributed by atoms with Crippen LogP contribution < -0.4 is 22.1 Å². The number of hydrogen-bond acceptors (Lipinski definition) is 8. The summed E-state index contributed by atoms with van der Waals surface area (Å²) in [6.45, 7) is 0.690. The predicted molar refractivity (Wildman–Crippen MR) is 92.2 cm³/mol. The Kier molecular flexibility index (Phi) is 8.99. The number of hydrogen-bond donors (Lipinski definition) is 6. The number of rotatable bonds is 6. The molecule has 0 unspecified atom stereocenters. The minimum absolute atomic E-state index is 0.205. The molecule has 10 nitrogen and oxygen atoms in total. The van der Waals surface area contributed by atoms with E-state index in [0.717, 1.165) is 0 Å². The largest absolute Gasteiger partial charge is 0.338 e. The van der Waals surface area contributed by atoms with Gasteiger partial charge in [0.1, 0.15) is 0 Å². The van der Waals surface area contributed by atoms with Crippen LogP contribution in [0.15, 0.2) is 22.0 Å². The van der Waals surface area contributed by atoms with Crippen LogP contribution in [0.5, 0.6) is 0 Å². The molecule has 6 N–H and O–H groups in total.